The molecule has 0 bridgehead atoms. The summed E-state index contributed by atoms with van der Waals surface area (Å²) in [5.74, 6) is -0.0178. The molecular weight excluding hydrogens is 288 g/mol. The van der Waals surface area contributed by atoms with E-state index in [1.165, 1.54) is 5.69 Å². The molecule has 0 spiro atoms. The first-order valence-electron chi connectivity index (χ1n) is 7.82. The molecule has 1 aromatic carbocycles. The van der Waals surface area contributed by atoms with Gasteiger partial charge in [-0.1, -0.05) is 0 Å². The largest absolute Gasteiger partial charge is 0.353 e. The van der Waals surface area contributed by atoms with Gasteiger partial charge in [0, 0.05) is 24.6 Å². The second-order valence-corrected chi connectivity index (χ2v) is 5.91. The third-order valence-corrected chi connectivity index (χ3v) is 4.33. The van der Waals surface area contributed by atoms with E-state index in [4.69, 9.17) is 5.26 Å². The zero-order valence-electron chi connectivity index (χ0n) is 13.2. The van der Waals surface area contributed by atoms with Crippen LogP contribution in [0.25, 0.3) is 0 Å². The van der Waals surface area contributed by atoms with Crippen LogP contribution < -0.4 is 5.32 Å². The fourth-order valence-electron chi connectivity index (χ4n) is 3.18. The molecule has 118 valence electrons. The summed E-state index contributed by atoms with van der Waals surface area (Å²) in [5, 5.41) is 11.7. The first-order valence-corrected chi connectivity index (χ1v) is 7.82. The molecule has 1 amide bonds. The number of hydrogen-bond acceptors (Lipinski definition) is 3. The Morgan fingerprint density at radius 1 is 1.35 bits per heavy atom. The van der Waals surface area contributed by atoms with E-state index in [1.54, 1.807) is 24.3 Å². The number of benzene rings is 1. The van der Waals surface area contributed by atoms with Crippen molar-refractivity contribution in [2.45, 2.75) is 18.9 Å². The van der Waals surface area contributed by atoms with Crippen molar-refractivity contribution in [3.8, 4) is 6.07 Å². The average Bonchev–Trinajstić information content (AvgIpc) is 3.16. The lowest BCUT2D eigenvalue weighted by Gasteiger charge is -2.24. The van der Waals surface area contributed by atoms with Crippen molar-refractivity contribution in [1.29, 1.82) is 5.26 Å². The molecule has 0 saturated carbocycles. The van der Waals surface area contributed by atoms with Crippen LogP contribution in [0, 0.1) is 11.3 Å². The van der Waals surface area contributed by atoms with Gasteiger partial charge in [0.25, 0.3) is 0 Å². The molecule has 0 unspecified atom stereocenters. The van der Waals surface area contributed by atoms with Crippen LogP contribution in [0.1, 0.15) is 30.1 Å². The Kier molecular flexibility index (Phi) is 4.45. The maximum atomic E-state index is 12.3. The van der Waals surface area contributed by atoms with Crippen molar-refractivity contribution < 1.29 is 4.79 Å². The summed E-state index contributed by atoms with van der Waals surface area (Å²) < 4.78 is 2.13. The predicted molar refractivity (Wildman–Crippen MR) is 88.7 cm³/mol. The Hall–Kier alpha value is -2.58. The van der Waals surface area contributed by atoms with Gasteiger partial charge in [0.2, 0.25) is 5.91 Å². The molecule has 5 nitrogen and oxygen atoms in total. The van der Waals surface area contributed by atoms with Gasteiger partial charge in [-0.15, -0.1) is 0 Å². The minimum Gasteiger partial charge on any atom is -0.353 e. The lowest BCUT2D eigenvalue weighted by molar-refractivity contribution is -0.117. The fraction of sp³-hybridized carbons (Fsp3) is 0.333. The number of nitrogens with zero attached hydrogens (tertiary/aromatic N) is 3. The molecule has 2 heterocycles. The van der Waals surface area contributed by atoms with E-state index in [0.717, 1.165) is 25.1 Å². The summed E-state index contributed by atoms with van der Waals surface area (Å²) in [6, 6.07) is 13.5. The van der Waals surface area contributed by atoms with Gasteiger partial charge >= 0.3 is 0 Å². The third kappa shape index (κ3) is 3.43. The Labute approximate surface area is 136 Å². The van der Waals surface area contributed by atoms with Crippen molar-refractivity contribution in [1.82, 2.24) is 9.47 Å². The highest BCUT2D eigenvalue weighted by Gasteiger charge is 2.28. The van der Waals surface area contributed by atoms with Crippen LogP contribution in [0.15, 0.2) is 42.6 Å². The van der Waals surface area contributed by atoms with Crippen molar-refractivity contribution in [2.24, 2.45) is 7.05 Å². The predicted octanol–water partition coefficient (Wildman–Crippen LogP) is 2.67. The molecule has 1 saturated heterocycles. The molecule has 3 rings (SSSR count). The maximum absolute atomic E-state index is 12.3. The van der Waals surface area contributed by atoms with Gasteiger partial charge in [0.05, 0.1) is 24.2 Å². The molecule has 0 aliphatic carbocycles. The van der Waals surface area contributed by atoms with E-state index in [1.807, 2.05) is 19.3 Å². The Balaban J connectivity index is 1.62. The van der Waals surface area contributed by atoms with Crippen LogP contribution in [-0.4, -0.2) is 28.5 Å². The summed E-state index contributed by atoms with van der Waals surface area (Å²) in [4.78, 5) is 14.5. The zero-order valence-corrected chi connectivity index (χ0v) is 13.2. The molecule has 1 aromatic heterocycles. The SMILES string of the molecule is Cn1cccc1[C@H]1CCCN1CC(=O)Nc1ccc(C#N)cc1. The molecule has 1 fully saturated rings. The van der Waals surface area contributed by atoms with E-state index >= 15 is 0 Å². The third-order valence-electron chi connectivity index (χ3n) is 4.33. The van der Waals surface area contributed by atoms with E-state index in [9.17, 15) is 4.79 Å². The Morgan fingerprint density at radius 3 is 2.78 bits per heavy atom. The van der Waals surface area contributed by atoms with Crippen LogP contribution in [-0.2, 0) is 11.8 Å². The molecule has 0 radical (unpaired) electrons. The van der Waals surface area contributed by atoms with Gasteiger partial charge in [0.1, 0.15) is 0 Å². The van der Waals surface area contributed by atoms with Gasteiger partial charge < -0.3 is 9.88 Å². The van der Waals surface area contributed by atoms with Crippen LogP contribution in [0.3, 0.4) is 0 Å². The first kappa shape index (κ1) is 15.3. The zero-order chi connectivity index (χ0) is 16.2. The number of rotatable bonds is 4. The van der Waals surface area contributed by atoms with Gasteiger partial charge in [0.15, 0.2) is 0 Å². The number of aromatic nitrogens is 1. The highest BCUT2D eigenvalue weighted by atomic mass is 16.2. The van der Waals surface area contributed by atoms with E-state index < -0.39 is 0 Å². The molecule has 1 aliphatic rings. The molecule has 1 N–H and O–H groups in total. The Bertz CT molecular complexity index is 726. The summed E-state index contributed by atoms with van der Waals surface area (Å²) in [6.45, 7) is 1.33. The molecular formula is C18H20N4O. The monoisotopic (exact) mass is 308 g/mol. The quantitative estimate of drug-likeness (QED) is 0.944. The van der Waals surface area contributed by atoms with Crippen LogP contribution >= 0.6 is 0 Å². The summed E-state index contributed by atoms with van der Waals surface area (Å²) in [6.07, 6.45) is 4.24. The van der Waals surface area contributed by atoms with Gasteiger partial charge in [-0.3, -0.25) is 9.69 Å². The number of anilines is 1. The number of amides is 1. The number of carbonyl (C=O) groups is 1. The summed E-state index contributed by atoms with van der Waals surface area (Å²) in [7, 11) is 2.04. The van der Waals surface area contributed by atoms with Crippen LogP contribution in [0.4, 0.5) is 5.69 Å². The molecule has 2 aromatic rings. The van der Waals surface area contributed by atoms with E-state index in [-0.39, 0.29) is 5.91 Å². The normalized spacial score (nSPS) is 17.8. The van der Waals surface area contributed by atoms with Crippen molar-refractivity contribution >= 4 is 11.6 Å². The fourth-order valence-corrected chi connectivity index (χ4v) is 3.18. The standard InChI is InChI=1S/C18H20N4O/c1-21-10-2-4-16(21)17-5-3-11-22(17)13-18(23)20-15-8-6-14(12-19)7-9-15/h2,4,6-10,17H,3,5,11,13H2,1H3,(H,20,23)/t17-/m1/s1. The number of nitriles is 1. The average molecular weight is 308 g/mol. The number of nitrogens with one attached hydrogen (secondary N) is 1. The van der Waals surface area contributed by atoms with E-state index in [2.05, 4.69) is 26.9 Å². The second-order valence-electron chi connectivity index (χ2n) is 5.91. The van der Waals surface area contributed by atoms with E-state index in [0.29, 0.717) is 18.2 Å². The molecule has 1 aliphatic heterocycles. The highest BCUT2D eigenvalue weighted by molar-refractivity contribution is 5.92. The van der Waals surface area contributed by atoms with Crippen molar-refractivity contribution in [3.63, 3.8) is 0 Å². The van der Waals surface area contributed by atoms with Gasteiger partial charge in [-0.2, -0.15) is 5.26 Å². The number of aryl methyl sites for hydroxylation is 1. The number of hydrogen-bond donors (Lipinski definition) is 1. The van der Waals surface area contributed by atoms with Crippen molar-refractivity contribution in [2.75, 3.05) is 18.4 Å². The highest BCUT2D eigenvalue weighted by Crippen LogP contribution is 2.31. The minimum absolute atomic E-state index is 0.0178. The van der Waals surface area contributed by atoms with Crippen molar-refractivity contribution in [3.05, 3.63) is 53.9 Å². The van der Waals surface area contributed by atoms with Crippen LogP contribution in [0.5, 0.6) is 0 Å². The summed E-state index contributed by atoms with van der Waals surface area (Å²) >= 11 is 0. The first-order chi connectivity index (χ1) is 11.2. The van der Waals surface area contributed by atoms with Gasteiger partial charge in [-0.05, 0) is 55.8 Å². The molecule has 1 atom stereocenters. The molecule has 23 heavy (non-hydrogen) atoms. The molecule has 5 heteroatoms. The maximum Gasteiger partial charge on any atom is 0.238 e. The number of likely N-dealkylation sites (tertiary alicyclic amines) is 1. The second kappa shape index (κ2) is 6.67. The van der Waals surface area contributed by atoms with Crippen LogP contribution in [0.2, 0.25) is 0 Å². The topological polar surface area (TPSA) is 61.1 Å². The number of carbonyl (C=O) groups excluding carboxylic acids is 1. The lowest BCUT2D eigenvalue weighted by atomic mass is 10.1. The smallest absolute Gasteiger partial charge is 0.238 e. The Morgan fingerprint density at radius 2 is 2.13 bits per heavy atom. The lowest BCUT2D eigenvalue weighted by Crippen LogP contribution is -2.33. The minimum atomic E-state index is -0.0178. The summed E-state index contributed by atoms with van der Waals surface area (Å²) in [5.41, 5.74) is 2.57. The van der Waals surface area contributed by atoms with Gasteiger partial charge in [-0.25, -0.2) is 0 Å².